The number of aryl methyl sites for hydroxylation is 1. The van der Waals surface area contributed by atoms with Crippen LogP contribution in [0.3, 0.4) is 0 Å². The Morgan fingerprint density at radius 2 is 1.77 bits per heavy atom. The molecule has 0 spiro atoms. The van der Waals surface area contributed by atoms with Gasteiger partial charge in [0.25, 0.3) is 11.6 Å². The highest BCUT2D eigenvalue weighted by molar-refractivity contribution is 7.87. The third-order valence-electron chi connectivity index (χ3n) is 4.07. The van der Waals surface area contributed by atoms with Crippen LogP contribution in [0.15, 0.2) is 71.6 Å². The van der Waals surface area contributed by atoms with Crippen LogP contribution < -0.4 is 9.50 Å². The molecule has 154 valence electrons. The predicted molar refractivity (Wildman–Crippen MR) is 106 cm³/mol. The highest BCUT2D eigenvalue weighted by atomic mass is 32.2. The van der Waals surface area contributed by atoms with Crippen molar-refractivity contribution >= 4 is 27.4 Å². The molecule has 10 heteroatoms. The van der Waals surface area contributed by atoms with Crippen LogP contribution in [0.2, 0.25) is 0 Å². The number of amides is 1. The fraction of sp³-hybridized carbons (Fsp3) is 0.0500. The number of nitrogens with one attached hydrogen (secondary N) is 1. The van der Waals surface area contributed by atoms with Gasteiger partial charge in [-0.2, -0.15) is 8.42 Å². The zero-order chi connectivity index (χ0) is 21.9. The van der Waals surface area contributed by atoms with Gasteiger partial charge in [-0.15, -0.1) is 0 Å². The first kappa shape index (κ1) is 20.9. The van der Waals surface area contributed by atoms with E-state index < -0.39 is 26.8 Å². The van der Waals surface area contributed by atoms with Gasteiger partial charge in [0.15, 0.2) is 0 Å². The van der Waals surface area contributed by atoms with Crippen LogP contribution in [0, 0.1) is 22.9 Å². The SMILES string of the molecule is Cc1ccc(NC(=O)c2ccc(OS(=O)(=O)c3cccc([N+](=O)[O-])c3)cc2)cc1F. The molecule has 3 aromatic rings. The number of nitrogens with zero attached hydrogens (tertiary/aromatic N) is 1. The monoisotopic (exact) mass is 430 g/mol. The average molecular weight is 430 g/mol. The van der Waals surface area contributed by atoms with E-state index in [-0.39, 0.29) is 27.6 Å². The van der Waals surface area contributed by atoms with E-state index in [1.807, 2.05) is 0 Å². The molecule has 0 aliphatic rings. The van der Waals surface area contributed by atoms with Gasteiger partial charge in [-0.25, -0.2) is 4.39 Å². The first-order valence-corrected chi connectivity index (χ1v) is 9.93. The quantitative estimate of drug-likeness (QED) is 0.358. The summed E-state index contributed by atoms with van der Waals surface area (Å²) in [5, 5.41) is 13.4. The second-order valence-corrected chi connectivity index (χ2v) is 7.78. The van der Waals surface area contributed by atoms with Crippen molar-refractivity contribution in [1.82, 2.24) is 0 Å². The third-order valence-corrected chi connectivity index (χ3v) is 5.31. The summed E-state index contributed by atoms with van der Waals surface area (Å²) >= 11 is 0. The van der Waals surface area contributed by atoms with E-state index in [0.29, 0.717) is 5.56 Å². The van der Waals surface area contributed by atoms with Gasteiger partial charge in [-0.1, -0.05) is 12.1 Å². The summed E-state index contributed by atoms with van der Waals surface area (Å²) in [7, 11) is -4.31. The van der Waals surface area contributed by atoms with Crippen molar-refractivity contribution in [2.45, 2.75) is 11.8 Å². The van der Waals surface area contributed by atoms with Crippen molar-refractivity contribution in [3.63, 3.8) is 0 Å². The molecule has 0 saturated heterocycles. The van der Waals surface area contributed by atoms with Crippen LogP contribution >= 0.6 is 0 Å². The Balaban J connectivity index is 1.73. The Morgan fingerprint density at radius 1 is 1.07 bits per heavy atom. The van der Waals surface area contributed by atoms with Gasteiger partial charge in [0.1, 0.15) is 16.5 Å². The normalized spacial score (nSPS) is 11.0. The van der Waals surface area contributed by atoms with Crippen LogP contribution in [0.5, 0.6) is 5.75 Å². The lowest BCUT2D eigenvalue weighted by Crippen LogP contribution is -2.13. The molecule has 30 heavy (non-hydrogen) atoms. The minimum atomic E-state index is -4.31. The van der Waals surface area contributed by atoms with Gasteiger partial charge in [-0.05, 0) is 55.0 Å². The molecule has 3 rings (SSSR count). The van der Waals surface area contributed by atoms with Crippen molar-refractivity contribution in [2.75, 3.05) is 5.32 Å². The minimum absolute atomic E-state index is 0.0839. The fourth-order valence-corrected chi connectivity index (χ4v) is 3.43. The average Bonchev–Trinajstić information content (AvgIpc) is 2.71. The maximum absolute atomic E-state index is 13.6. The standard InChI is InChI=1S/C20H15FN2O6S/c1-13-5-8-15(11-19(13)21)22-20(24)14-6-9-17(10-7-14)29-30(27,28)18-4-2-3-16(12-18)23(25)26/h2-12H,1H3,(H,22,24). The minimum Gasteiger partial charge on any atom is -0.379 e. The van der Waals surface area contributed by atoms with E-state index in [2.05, 4.69) is 5.32 Å². The maximum Gasteiger partial charge on any atom is 0.339 e. The van der Waals surface area contributed by atoms with Gasteiger partial charge < -0.3 is 9.50 Å². The lowest BCUT2D eigenvalue weighted by molar-refractivity contribution is -0.385. The molecule has 0 saturated carbocycles. The van der Waals surface area contributed by atoms with E-state index in [0.717, 1.165) is 12.1 Å². The molecule has 8 nitrogen and oxygen atoms in total. The van der Waals surface area contributed by atoms with Crippen LogP contribution in [-0.2, 0) is 10.1 Å². The molecule has 0 atom stereocenters. The number of rotatable bonds is 6. The topological polar surface area (TPSA) is 116 Å². The summed E-state index contributed by atoms with van der Waals surface area (Å²) in [6.45, 7) is 1.60. The van der Waals surface area contributed by atoms with Crippen molar-refractivity contribution in [1.29, 1.82) is 0 Å². The zero-order valence-corrected chi connectivity index (χ0v) is 16.4. The molecule has 1 amide bonds. The molecule has 0 aromatic heterocycles. The molecular weight excluding hydrogens is 415 g/mol. The summed E-state index contributed by atoms with van der Waals surface area (Å²) in [5.74, 6) is -1.06. The second kappa shape index (κ2) is 8.29. The number of nitro benzene ring substituents is 1. The molecule has 0 radical (unpaired) electrons. The largest absolute Gasteiger partial charge is 0.379 e. The lowest BCUT2D eigenvalue weighted by atomic mass is 10.2. The van der Waals surface area contributed by atoms with E-state index in [9.17, 15) is 27.7 Å². The van der Waals surface area contributed by atoms with Crippen LogP contribution in [-0.4, -0.2) is 19.2 Å². The summed E-state index contributed by atoms with van der Waals surface area (Å²) in [6.07, 6.45) is 0. The molecule has 3 aromatic carbocycles. The Bertz CT molecular complexity index is 1230. The van der Waals surface area contributed by atoms with E-state index in [4.69, 9.17) is 4.18 Å². The summed E-state index contributed by atoms with van der Waals surface area (Å²) < 4.78 is 43.2. The zero-order valence-electron chi connectivity index (χ0n) is 15.5. The van der Waals surface area contributed by atoms with Crippen LogP contribution in [0.25, 0.3) is 0 Å². The second-order valence-electron chi connectivity index (χ2n) is 6.23. The molecule has 0 heterocycles. The number of carbonyl (C=O) groups is 1. The Labute approximate surface area is 171 Å². The van der Waals surface area contributed by atoms with Crippen molar-refractivity contribution in [2.24, 2.45) is 0 Å². The molecule has 0 fully saturated rings. The molecule has 0 bridgehead atoms. The predicted octanol–water partition coefficient (Wildman–Crippen LogP) is 4.06. The Hall–Kier alpha value is -3.79. The number of benzene rings is 3. The van der Waals surface area contributed by atoms with Gasteiger partial charge in [-0.3, -0.25) is 14.9 Å². The number of nitro groups is 1. The number of hydrogen-bond acceptors (Lipinski definition) is 6. The maximum atomic E-state index is 13.6. The van der Waals surface area contributed by atoms with Gasteiger partial charge in [0, 0.05) is 23.4 Å². The lowest BCUT2D eigenvalue weighted by Gasteiger charge is -2.09. The molecule has 1 N–H and O–H groups in total. The number of carbonyl (C=O) groups excluding carboxylic acids is 1. The molecule has 0 unspecified atom stereocenters. The smallest absolute Gasteiger partial charge is 0.339 e. The highest BCUT2D eigenvalue weighted by Crippen LogP contribution is 2.23. The number of non-ortho nitro benzene ring substituents is 1. The van der Waals surface area contributed by atoms with E-state index in [1.165, 1.54) is 48.5 Å². The van der Waals surface area contributed by atoms with E-state index in [1.54, 1.807) is 13.0 Å². The van der Waals surface area contributed by atoms with E-state index >= 15 is 0 Å². The molecular formula is C20H15FN2O6S. The van der Waals surface area contributed by atoms with Gasteiger partial charge >= 0.3 is 10.1 Å². The summed E-state index contributed by atoms with van der Waals surface area (Å²) in [4.78, 5) is 22.0. The fourth-order valence-electron chi connectivity index (χ4n) is 2.46. The van der Waals surface area contributed by atoms with Crippen molar-refractivity contribution in [3.05, 3.63) is 93.8 Å². The van der Waals surface area contributed by atoms with Gasteiger partial charge in [0.05, 0.1) is 4.92 Å². The molecule has 0 aliphatic heterocycles. The number of halogens is 1. The first-order valence-electron chi connectivity index (χ1n) is 8.52. The Kier molecular flexibility index (Phi) is 5.79. The Morgan fingerprint density at radius 3 is 2.40 bits per heavy atom. The van der Waals surface area contributed by atoms with Crippen molar-refractivity contribution < 1.29 is 26.7 Å². The summed E-state index contributed by atoms with van der Waals surface area (Å²) in [6, 6.07) is 13.9. The highest BCUT2D eigenvalue weighted by Gasteiger charge is 2.20. The van der Waals surface area contributed by atoms with Crippen LogP contribution in [0.1, 0.15) is 15.9 Å². The first-order chi connectivity index (χ1) is 14.2. The number of hydrogen-bond donors (Lipinski definition) is 1. The van der Waals surface area contributed by atoms with Gasteiger partial charge in [0.2, 0.25) is 0 Å². The third kappa shape index (κ3) is 4.78. The van der Waals surface area contributed by atoms with Crippen molar-refractivity contribution in [3.8, 4) is 5.75 Å². The van der Waals surface area contributed by atoms with Crippen LogP contribution in [0.4, 0.5) is 15.8 Å². The summed E-state index contributed by atoms with van der Waals surface area (Å²) in [5.41, 5.74) is 0.520. The molecule has 0 aliphatic carbocycles. The number of anilines is 1.